The number of carbonyl (C=O) groups is 1. The summed E-state index contributed by atoms with van der Waals surface area (Å²) in [6.07, 6.45) is 1.81. The fraction of sp³-hybridized carbons (Fsp3) is 0.500. The lowest BCUT2D eigenvalue weighted by Gasteiger charge is -2.34. The maximum Gasteiger partial charge on any atom is 0.277 e. The van der Waals surface area contributed by atoms with Crippen LogP contribution in [0.4, 0.5) is 0 Å². The molecular weight excluding hydrogens is 322 g/mol. The number of aromatic nitrogens is 2. The predicted octanol–water partition coefficient (Wildman–Crippen LogP) is 3.26. The fourth-order valence-corrected chi connectivity index (χ4v) is 3.90. The van der Waals surface area contributed by atoms with Gasteiger partial charge >= 0.3 is 0 Å². The van der Waals surface area contributed by atoms with Crippen LogP contribution in [0.5, 0.6) is 0 Å². The zero-order valence-electron chi connectivity index (χ0n) is 14.1. The first-order valence-electron chi connectivity index (χ1n) is 8.37. The van der Waals surface area contributed by atoms with E-state index in [9.17, 15) is 4.79 Å². The smallest absolute Gasteiger partial charge is 0.277 e. The van der Waals surface area contributed by atoms with Gasteiger partial charge in [-0.25, -0.2) is 0 Å². The number of amides is 1. The van der Waals surface area contributed by atoms with Crippen molar-refractivity contribution >= 4 is 17.7 Å². The lowest BCUT2D eigenvalue weighted by Crippen LogP contribution is -2.43. The van der Waals surface area contributed by atoms with Gasteiger partial charge in [-0.2, -0.15) is 0 Å². The van der Waals surface area contributed by atoms with Gasteiger partial charge in [-0.3, -0.25) is 4.79 Å². The SMILES string of the molecule is C[C@H]1C[C@H](C)CN(C(=O)CSc2nnc(Cc3ccccc3)o2)C1. The van der Waals surface area contributed by atoms with Crippen LogP contribution in [0.2, 0.25) is 0 Å². The number of hydrogen-bond acceptors (Lipinski definition) is 5. The summed E-state index contributed by atoms with van der Waals surface area (Å²) in [6.45, 7) is 6.12. The minimum atomic E-state index is 0.154. The molecule has 3 rings (SSSR count). The van der Waals surface area contributed by atoms with Crippen LogP contribution in [-0.4, -0.2) is 39.8 Å². The lowest BCUT2D eigenvalue weighted by molar-refractivity contribution is -0.130. The van der Waals surface area contributed by atoms with Gasteiger partial charge in [0.05, 0.1) is 12.2 Å². The van der Waals surface area contributed by atoms with Gasteiger partial charge in [0.15, 0.2) is 0 Å². The molecule has 0 saturated carbocycles. The van der Waals surface area contributed by atoms with Crippen molar-refractivity contribution in [2.24, 2.45) is 11.8 Å². The fourth-order valence-electron chi connectivity index (χ4n) is 3.22. The third-order valence-corrected chi connectivity index (χ3v) is 4.99. The summed E-state index contributed by atoms with van der Waals surface area (Å²) in [6, 6.07) is 10.0. The minimum Gasteiger partial charge on any atom is -0.416 e. The number of piperidine rings is 1. The molecule has 6 heteroatoms. The minimum absolute atomic E-state index is 0.154. The van der Waals surface area contributed by atoms with Crippen LogP contribution < -0.4 is 0 Å². The van der Waals surface area contributed by atoms with Crippen LogP contribution in [0, 0.1) is 11.8 Å². The van der Waals surface area contributed by atoms with E-state index in [1.165, 1.54) is 18.2 Å². The molecule has 1 aromatic carbocycles. The summed E-state index contributed by atoms with van der Waals surface area (Å²) in [5.41, 5.74) is 1.13. The Balaban J connectivity index is 1.51. The number of likely N-dealkylation sites (tertiary alicyclic amines) is 1. The van der Waals surface area contributed by atoms with Crippen LogP contribution in [0.1, 0.15) is 31.7 Å². The first kappa shape index (κ1) is 17.0. The molecule has 0 spiro atoms. The van der Waals surface area contributed by atoms with E-state index in [0.717, 1.165) is 18.7 Å². The van der Waals surface area contributed by atoms with Crippen LogP contribution in [-0.2, 0) is 11.2 Å². The Morgan fingerprint density at radius 2 is 1.92 bits per heavy atom. The van der Waals surface area contributed by atoms with E-state index in [2.05, 4.69) is 24.0 Å². The van der Waals surface area contributed by atoms with Gasteiger partial charge in [0, 0.05) is 13.1 Å². The Bertz CT molecular complexity index is 664. The highest BCUT2D eigenvalue weighted by Crippen LogP contribution is 2.23. The first-order chi connectivity index (χ1) is 11.6. The molecule has 1 fully saturated rings. The summed E-state index contributed by atoms with van der Waals surface area (Å²) in [4.78, 5) is 14.3. The van der Waals surface area contributed by atoms with Crippen molar-refractivity contribution in [2.75, 3.05) is 18.8 Å². The summed E-state index contributed by atoms with van der Waals surface area (Å²) >= 11 is 1.32. The third kappa shape index (κ3) is 4.60. The van der Waals surface area contributed by atoms with Gasteiger partial charge in [-0.1, -0.05) is 55.9 Å². The van der Waals surface area contributed by atoms with Gasteiger partial charge in [-0.15, -0.1) is 10.2 Å². The molecule has 1 aliphatic rings. The van der Waals surface area contributed by atoms with Crippen molar-refractivity contribution < 1.29 is 9.21 Å². The third-order valence-electron chi connectivity index (χ3n) is 4.19. The number of benzene rings is 1. The highest BCUT2D eigenvalue weighted by Gasteiger charge is 2.25. The Morgan fingerprint density at radius 1 is 1.21 bits per heavy atom. The van der Waals surface area contributed by atoms with Crippen LogP contribution in [0.25, 0.3) is 0 Å². The lowest BCUT2D eigenvalue weighted by atomic mass is 9.92. The highest BCUT2D eigenvalue weighted by molar-refractivity contribution is 7.99. The van der Waals surface area contributed by atoms with Crippen molar-refractivity contribution in [3.63, 3.8) is 0 Å². The molecule has 0 bridgehead atoms. The van der Waals surface area contributed by atoms with E-state index in [-0.39, 0.29) is 5.91 Å². The van der Waals surface area contributed by atoms with Crippen molar-refractivity contribution in [3.8, 4) is 0 Å². The molecule has 1 aromatic heterocycles. The Hall–Kier alpha value is -1.82. The Kier molecular flexibility index (Phi) is 5.56. The summed E-state index contributed by atoms with van der Waals surface area (Å²) in [5.74, 6) is 2.23. The largest absolute Gasteiger partial charge is 0.416 e. The molecule has 0 radical (unpaired) electrons. The van der Waals surface area contributed by atoms with E-state index in [1.54, 1.807) is 0 Å². The van der Waals surface area contributed by atoms with Gasteiger partial charge in [0.1, 0.15) is 0 Å². The Morgan fingerprint density at radius 3 is 2.62 bits per heavy atom. The molecule has 5 nitrogen and oxygen atoms in total. The van der Waals surface area contributed by atoms with Crippen LogP contribution in [0.3, 0.4) is 0 Å². The molecule has 0 aliphatic carbocycles. The second-order valence-electron chi connectivity index (χ2n) is 6.66. The zero-order chi connectivity index (χ0) is 16.9. The van der Waals surface area contributed by atoms with Crippen molar-refractivity contribution in [2.45, 2.75) is 31.9 Å². The van der Waals surface area contributed by atoms with Crippen LogP contribution >= 0.6 is 11.8 Å². The maximum atomic E-state index is 12.4. The predicted molar refractivity (Wildman–Crippen MR) is 93.8 cm³/mol. The standard InChI is InChI=1S/C18H23N3O2S/c1-13-8-14(2)11-21(10-13)17(22)12-24-18-20-19-16(23-18)9-15-6-4-3-5-7-15/h3-7,13-14H,8-12H2,1-2H3/t13-,14-/m0/s1. The number of nitrogens with zero attached hydrogens (tertiary/aromatic N) is 3. The van der Waals surface area contributed by atoms with E-state index in [4.69, 9.17) is 4.42 Å². The molecule has 24 heavy (non-hydrogen) atoms. The van der Waals surface area contributed by atoms with E-state index in [1.807, 2.05) is 35.2 Å². The topological polar surface area (TPSA) is 59.2 Å². The summed E-state index contributed by atoms with van der Waals surface area (Å²) in [7, 11) is 0. The zero-order valence-corrected chi connectivity index (χ0v) is 15.0. The highest BCUT2D eigenvalue weighted by atomic mass is 32.2. The molecule has 1 saturated heterocycles. The maximum absolute atomic E-state index is 12.4. The van der Waals surface area contributed by atoms with Gasteiger partial charge in [-0.05, 0) is 23.8 Å². The molecule has 0 N–H and O–H groups in total. The molecule has 2 aromatic rings. The van der Waals surface area contributed by atoms with Gasteiger partial charge in [0.25, 0.3) is 5.22 Å². The second-order valence-corrected chi connectivity index (χ2v) is 7.58. The molecular formula is C18H23N3O2S. The number of hydrogen-bond donors (Lipinski definition) is 0. The molecule has 0 unspecified atom stereocenters. The molecule has 2 heterocycles. The van der Waals surface area contributed by atoms with Crippen LogP contribution in [0.15, 0.2) is 40.0 Å². The number of thioether (sulfide) groups is 1. The van der Waals surface area contributed by atoms with Gasteiger partial charge < -0.3 is 9.32 Å². The number of rotatable bonds is 5. The molecule has 1 aliphatic heterocycles. The molecule has 2 atom stereocenters. The first-order valence-corrected chi connectivity index (χ1v) is 9.35. The van der Waals surface area contributed by atoms with E-state index >= 15 is 0 Å². The average molecular weight is 345 g/mol. The Labute approximate surface area is 146 Å². The van der Waals surface area contributed by atoms with Crippen molar-refractivity contribution in [1.82, 2.24) is 15.1 Å². The van der Waals surface area contributed by atoms with Crippen molar-refractivity contribution in [3.05, 3.63) is 41.8 Å². The summed E-state index contributed by atoms with van der Waals surface area (Å²) < 4.78 is 5.64. The van der Waals surface area contributed by atoms with E-state index in [0.29, 0.717) is 35.1 Å². The van der Waals surface area contributed by atoms with Crippen molar-refractivity contribution in [1.29, 1.82) is 0 Å². The summed E-state index contributed by atoms with van der Waals surface area (Å²) in [5, 5.41) is 8.56. The molecule has 128 valence electrons. The monoisotopic (exact) mass is 345 g/mol. The normalized spacial score (nSPS) is 21.0. The number of carbonyl (C=O) groups excluding carboxylic acids is 1. The molecule has 1 amide bonds. The quantitative estimate of drug-likeness (QED) is 0.779. The second kappa shape index (κ2) is 7.83. The van der Waals surface area contributed by atoms with Gasteiger partial charge in [0.2, 0.25) is 11.8 Å². The average Bonchev–Trinajstić information content (AvgIpc) is 3.00. The van der Waals surface area contributed by atoms with E-state index < -0.39 is 0 Å².